The van der Waals surface area contributed by atoms with Crippen molar-refractivity contribution in [3.63, 3.8) is 0 Å². The highest BCUT2D eigenvalue weighted by molar-refractivity contribution is 6.31. The Bertz CT molecular complexity index is 564. The number of nitrogens with zero attached hydrogens (tertiary/aromatic N) is 2. The van der Waals surface area contributed by atoms with E-state index < -0.39 is 5.82 Å². The molecule has 1 amide bonds. The number of halogens is 2. The highest BCUT2D eigenvalue weighted by Crippen LogP contribution is 2.23. The van der Waals surface area contributed by atoms with Crippen LogP contribution in [-0.4, -0.2) is 41.9 Å². The summed E-state index contributed by atoms with van der Waals surface area (Å²) in [7, 11) is 1.67. The molecule has 1 unspecified atom stereocenters. The lowest BCUT2D eigenvalue weighted by Crippen LogP contribution is -2.49. The molecule has 1 heterocycles. The van der Waals surface area contributed by atoms with E-state index in [1.807, 2.05) is 4.90 Å². The molecular weight excluding hydrogens is 303 g/mol. The fraction of sp³-hybridized carbons (Fsp3) is 0.471. The zero-order chi connectivity index (χ0) is 16.1. The highest BCUT2D eigenvalue weighted by atomic mass is 35.5. The van der Waals surface area contributed by atoms with Gasteiger partial charge in [0, 0.05) is 24.2 Å². The van der Waals surface area contributed by atoms with Gasteiger partial charge in [0.05, 0.1) is 12.6 Å². The third-order valence-corrected chi connectivity index (χ3v) is 4.38. The first-order chi connectivity index (χ1) is 10.5. The van der Waals surface area contributed by atoms with Gasteiger partial charge in [0.25, 0.3) is 0 Å². The van der Waals surface area contributed by atoms with Crippen LogP contribution < -0.4 is 0 Å². The maximum absolute atomic E-state index is 13.9. The van der Waals surface area contributed by atoms with Gasteiger partial charge in [0.15, 0.2) is 0 Å². The van der Waals surface area contributed by atoms with Gasteiger partial charge in [-0.2, -0.15) is 0 Å². The number of benzene rings is 1. The molecule has 5 heteroatoms. The van der Waals surface area contributed by atoms with Crippen LogP contribution in [0, 0.1) is 18.2 Å². The van der Waals surface area contributed by atoms with Crippen LogP contribution in [0.15, 0.2) is 18.2 Å². The largest absolute Gasteiger partial charge is 0.340 e. The van der Waals surface area contributed by atoms with E-state index in [9.17, 15) is 9.18 Å². The fourth-order valence-electron chi connectivity index (χ4n) is 2.83. The number of carbonyl (C=O) groups excluding carboxylic acids is 1. The average molecular weight is 323 g/mol. The topological polar surface area (TPSA) is 23.6 Å². The molecule has 0 bridgehead atoms. The molecule has 0 N–H and O–H groups in total. The van der Waals surface area contributed by atoms with Crippen molar-refractivity contribution in [1.82, 2.24) is 9.80 Å². The number of terminal acetylenes is 1. The maximum Gasteiger partial charge on any atom is 0.240 e. The number of hydrogen-bond donors (Lipinski definition) is 0. The summed E-state index contributed by atoms with van der Waals surface area (Å²) < 4.78 is 13.9. The van der Waals surface area contributed by atoms with Crippen LogP contribution >= 0.6 is 11.6 Å². The Morgan fingerprint density at radius 2 is 2.32 bits per heavy atom. The quantitative estimate of drug-likeness (QED) is 0.796. The van der Waals surface area contributed by atoms with E-state index in [1.54, 1.807) is 19.2 Å². The van der Waals surface area contributed by atoms with Crippen LogP contribution in [0.25, 0.3) is 0 Å². The monoisotopic (exact) mass is 322 g/mol. The van der Waals surface area contributed by atoms with Crippen molar-refractivity contribution < 1.29 is 9.18 Å². The van der Waals surface area contributed by atoms with Gasteiger partial charge in [0.2, 0.25) is 5.91 Å². The van der Waals surface area contributed by atoms with E-state index in [0.29, 0.717) is 17.1 Å². The van der Waals surface area contributed by atoms with Crippen molar-refractivity contribution in [1.29, 1.82) is 0 Å². The molecular formula is C17H20ClFN2O. The number of likely N-dealkylation sites (N-methyl/N-ethyl adjacent to an activating group) is 1. The van der Waals surface area contributed by atoms with Gasteiger partial charge in [-0.25, -0.2) is 4.39 Å². The van der Waals surface area contributed by atoms with E-state index in [4.69, 9.17) is 18.0 Å². The summed E-state index contributed by atoms with van der Waals surface area (Å²) >= 11 is 6.03. The number of amides is 1. The van der Waals surface area contributed by atoms with Gasteiger partial charge in [0.1, 0.15) is 5.82 Å². The second-order valence-electron chi connectivity index (χ2n) is 5.58. The minimum atomic E-state index is -0.392. The van der Waals surface area contributed by atoms with E-state index >= 15 is 0 Å². The van der Waals surface area contributed by atoms with Crippen molar-refractivity contribution in [3.05, 3.63) is 34.6 Å². The summed E-state index contributed by atoms with van der Waals surface area (Å²) in [6, 6.07) is 4.31. The van der Waals surface area contributed by atoms with Crippen LogP contribution in [0.3, 0.4) is 0 Å². The average Bonchev–Trinajstić information content (AvgIpc) is 2.51. The van der Waals surface area contributed by atoms with Gasteiger partial charge in [-0.1, -0.05) is 30.0 Å². The van der Waals surface area contributed by atoms with E-state index in [-0.39, 0.29) is 18.5 Å². The zero-order valence-corrected chi connectivity index (χ0v) is 13.4. The molecule has 0 aliphatic carbocycles. The number of piperidine rings is 1. The molecule has 0 aromatic heterocycles. The van der Waals surface area contributed by atoms with E-state index in [2.05, 4.69) is 5.92 Å². The Hall–Kier alpha value is -1.57. The van der Waals surface area contributed by atoms with Gasteiger partial charge >= 0.3 is 0 Å². The summed E-state index contributed by atoms with van der Waals surface area (Å²) in [5.41, 5.74) is 0.347. The number of carbonyl (C=O) groups is 1. The van der Waals surface area contributed by atoms with E-state index in [0.717, 1.165) is 25.8 Å². The Labute approximate surface area is 136 Å². The van der Waals surface area contributed by atoms with Gasteiger partial charge in [-0.05, 0) is 31.5 Å². The molecule has 2 rings (SSSR count). The molecule has 22 heavy (non-hydrogen) atoms. The summed E-state index contributed by atoms with van der Waals surface area (Å²) in [5, 5.41) is 0.337. The maximum atomic E-state index is 13.9. The first-order valence-electron chi connectivity index (χ1n) is 7.40. The van der Waals surface area contributed by atoms with Crippen molar-refractivity contribution in [2.45, 2.75) is 31.8 Å². The smallest absolute Gasteiger partial charge is 0.240 e. The van der Waals surface area contributed by atoms with Crippen molar-refractivity contribution in [3.8, 4) is 12.3 Å². The predicted octanol–water partition coefficient (Wildman–Crippen LogP) is 2.93. The normalized spacial score (nSPS) is 18.7. The number of rotatable bonds is 4. The Morgan fingerprint density at radius 3 is 3.00 bits per heavy atom. The molecule has 0 spiro atoms. The van der Waals surface area contributed by atoms with Gasteiger partial charge < -0.3 is 4.90 Å². The Morgan fingerprint density at radius 1 is 1.55 bits per heavy atom. The molecule has 0 saturated carbocycles. The molecule has 1 aliphatic rings. The summed E-state index contributed by atoms with van der Waals surface area (Å²) in [6.07, 6.45) is 8.22. The Balaban J connectivity index is 2.09. The molecule has 1 aromatic carbocycles. The van der Waals surface area contributed by atoms with Crippen LogP contribution in [0.5, 0.6) is 0 Å². The second-order valence-corrected chi connectivity index (χ2v) is 5.99. The van der Waals surface area contributed by atoms with Gasteiger partial charge in [-0.3, -0.25) is 9.69 Å². The van der Waals surface area contributed by atoms with Crippen LogP contribution in [-0.2, 0) is 11.3 Å². The molecule has 1 fully saturated rings. The molecule has 1 aromatic rings. The van der Waals surface area contributed by atoms with Crippen molar-refractivity contribution >= 4 is 17.5 Å². The van der Waals surface area contributed by atoms with Gasteiger partial charge in [-0.15, -0.1) is 6.42 Å². The standard InChI is InChI=1S/C17H20ClFN2O/c1-3-10-21-11-5-4-9-16(21)17(22)20(2)12-13-14(18)7-6-8-15(13)19/h1,6-8,16H,4-5,9-12H2,2H3. The molecule has 118 valence electrons. The summed E-state index contributed by atoms with van der Waals surface area (Å²) in [6.45, 7) is 1.45. The highest BCUT2D eigenvalue weighted by Gasteiger charge is 2.30. The minimum absolute atomic E-state index is 0.0331. The summed E-state index contributed by atoms with van der Waals surface area (Å²) in [4.78, 5) is 16.2. The van der Waals surface area contributed by atoms with Crippen molar-refractivity contribution in [2.24, 2.45) is 0 Å². The van der Waals surface area contributed by atoms with Crippen LogP contribution in [0.1, 0.15) is 24.8 Å². The Kier molecular flexibility index (Phi) is 5.82. The number of likely N-dealkylation sites (tertiary alicyclic amines) is 1. The second kappa shape index (κ2) is 7.62. The lowest BCUT2D eigenvalue weighted by molar-refractivity contribution is -0.137. The summed E-state index contributed by atoms with van der Waals surface area (Å²) in [5.74, 6) is 2.18. The first kappa shape index (κ1) is 16.8. The predicted molar refractivity (Wildman–Crippen MR) is 85.9 cm³/mol. The van der Waals surface area contributed by atoms with E-state index in [1.165, 1.54) is 11.0 Å². The molecule has 3 nitrogen and oxygen atoms in total. The van der Waals surface area contributed by atoms with Crippen LogP contribution in [0.2, 0.25) is 5.02 Å². The third kappa shape index (κ3) is 3.79. The first-order valence-corrected chi connectivity index (χ1v) is 7.77. The lowest BCUT2D eigenvalue weighted by atomic mass is 10.0. The minimum Gasteiger partial charge on any atom is -0.340 e. The van der Waals surface area contributed by atoms with Crippen molar-refractivity contribution in [2.75, 3.05) is 20.1 Å². The molecule has 1 saturated heterocycles. The van der Waals surface area contributed by atoms with Crippen LogP contribution in [0.4, 0.5) is 4.39 Å². The molecule has 0 radical (unpaired) electrons. The molecule has 1 atom stereocenters. The fourth-order valence-corrected chi connectivity index (χ4v) is 3.05. The lowest BCUT2D eigenvalue weighted by Gasteiger charge is -2.35. The molecule has 1 aliphatic heterocycles. The third-order valence-electron chi connectivity index (χ3n) is 4.03. The SMILES string of the molecule is C#CCN1CCCCC1C(=O)N(C)Cc1c(F)cccc1Cl. The zero-order valence-electron chi connectivity index (χ0n) is 12.7. The number of hydrogen-bond acceptors (Lipinski definition) is 2.